The summed E-state index contributed by atoms with van der Waals surface area (Å²) in [5, 5.41) is 8.27. The molecule has 1 N–H and O–H groups in total. The van der Waals surface area contributed by atoms with Gasteiger partial charge in [0.15, 0.2) is 11.6 Å². The quantitative estimate of drug-likeness (QED) is 0.477. The second-order valence-corrected chi connectivity index (χ2v) is 2.95. The van der Waals surface area contributed by atoms with Crippen LogP contribution < -0.4 is 0 Å². The van der Waals surface area contributed by atoms with Crippen molar-refractivity contribution in [1.82, 2.24) is 0 Å². The molecule has 0 saturated heterocycles. The molecule has 0 aliphatic rings. The average molecular weight is 228 g/mol. The lowest BCUT2D eigenvalue weighted by Gasteiger charge is -1.99. The Bertz CT molecular complexity index is 468. The molecule has 0 unspecified atom stereocenters. The summed E-state index contributed by atoms with van der Waals surface area (Å²) in [5.41, 5.74) is -0.370. The monoisotopic (exact) mass is 228 g/mol. The van der Waals surface area contributed by atoms with Crippen molar-refractivity contribution in [3.63, 3.8) is 0 Å². The Morgan fingerprint density at radius 2 is 1.75 bits per heavy atom. The Hall–Kier alpha value is -2.11. The number of benzene rings is 1. The fraction of sp³-hybridized carbons (Fsp3) is 0.100. The zero-order valence-corrected chi connectivity index (χ0v) is 7.87. The van der Waals surface area contributed by atoms with Crippen molar-refractivity contribution >= 4 is 17.5 Å². The van der Waals surface area contributed by atoms with Crippen LogP contribution in [0.15, 0.2) is 18.2 Å². The van der Waals surface area contributed by atoms with Gasteiger partial charge in [-0.25, -0.2) is 8.78 Å². The van der Waals surface area contributed by atoms with E-state index in [4.69, 9.17) is 5.11 Å². The maximum absolute atomic E-state index is 12.7. The van der Waals surface area contributed by atoms with Gasteiger partial charge in [0.25, 0.3) is 0 Å². The van der Waals surface area contributed by atoms with Gasteiger partial charge in [0, 0.05) is 5.56 Å². The van der Waals surface area contributed by atoms with Gasteiger partial charge in [-0.1, -0.05) is 0 Å². The molecule has 0 heterocycles. The molecule has 1 rings (SSSR count). The predicted octanol–water partition coefficient (Wildman–Crippen LogP) is 1.19. The summed E-state index contributed by atoms with van der Waals surface area (Å²) in [7, 11) is 0. The van der Waals surface area contributed by atoms with Gasteiger partial charge >= 0.3 is 5.97 Å². The Balaban J connectivity index is 2.92. The zero-order chi connectivity index (χ0) is 12.3. The Kier molecular flexibility index (Phi) is 3.44. The molecule has 0 aliphatic carbocycles. The van der Waals surface area contributed by atoms with Crippen LogP contribution in [0, 0.1) is 11.6 Å². The van der Waals surface area contributed by atoms with Crippen molar-refractivity contribution in [2.45, 2.75) is 6.42 Å². The van der Waals surface area contributed by atoms with Gasteiger partial charge < -0.3 is 5.11 Å². The first-order valence-electron chi connectivity index (χ1n) is 4.16. The van der Waals surface area contributed by atoms with E-state index in [-0.39, 0.29) is 5.56 Å². The molecule has 0 amide bonds. The number of carboxylic acid groups (broad SMARTS) is 1. The van der Waals surface area contributed by atoms with Crippen LogP contribution in [-0.2, 0) is 9.59 Å². The van der Waals surface area contributed by atoms with Crippen molar-refractivity contribution in [2.24, 2.45) is 0 Å². The fourth-order valence-corrected chi connectivity index (χ4v) is 1.02. The summed E-state index contributed by atoms with van der Waals surface area (Å²) < 4.78 is 25.2. The average Bonchev–Trinajstić information content (AvgIpc) is 2.20. The van der Waals surface area contributed by atoms with Gasteiger partial charge in [-0.05, 0) is 18.2 Å². The van der Waals surface area contributed by atoms with E-state index in [1.54, 1.807) is 0 Å². The molecule has 0 bridgehead atoms. The molecule has 1 aromatic rings. The third-order valence-electron chi connectivity index (χ3n) is 1.75. The SMILES string of the molecule is O=C(O)CC(=O)C(=O)c1ccc(F)c(F)c1. The van der Waals surface area contributed by atoms with Crippen molar-refractivity contribution < 1.29 is 28.3 Å². The molecule has 0 spiro atoms. The van der Waals surface area contributed by atoms with Crippen molar-refractivity contribution in [1.29, 1.82) is 0 Å². The molecule has 16 heavy (non-hydrogen) atoms. The van der Waals surface area contributed by atoms with Crippen LogP contribution in [0.2, 0.25) is 0 Å². The summed E-state index contributed by atoms with van der Waals surface area (Å²) in [4.78, 5) is 32.4. The number of halogens is 2. The van der Waals surface area contributed by atoms with Crippen LogP contribution in [0.25, 0.3) is 0 Å². The minimum Gasteiger partial charge on any atom is -0.481 e. The van der Waals surface area contributed by atoms with E-state index in [2.05, 4.69) is 0 Å². The van der Waals surface area contributed by atoms with E-state index >= 15 is 0 Å². The lowest BCUT2D eigenvalue weighted by molar-refractivity contribution is -0.139. The third kappa shape index (κ3) is 2.69. The second-order valence-electron chi connectivity index (χ2n) is 2.95. The summed E-state index contributed by atoms with van der Waals surface area (Å²) in [6.45, 7) is 0. The van der Waals surface area contributed by atoms with Crippen LogP contribution in [0.1, 0.15) is 16.8 Å². The predicted molar refractivity (Wildman–Crippen MR) is 47.9 cm³/mol. The highest BCUT2D eigenvalue weighted by Gasteiger charge is 2.20. The number of carboxylic acids is 1. The molecule has 0 radical (unpaired) electrons. The normalized spacial score (nSPS) is 9.88. The van der Waals surface area contributed by atoms with Crippen LogP contribution in [0.3, 0.4) is 0 Å². The molecule has 4 nitrogen and oxygen atoms in total. The van der Waals surface area contributed by atoms with Gasteiger partial charge in [0.2, 0.25) is 11.6 Å². The van der Waals surface area contributed by atoms with Crippen LogP contribution >= 0.6 is 0 Å². The first-order valence-corrected chi connectivity index (χ1v) is 4.16. The summed E-state index contributed by atoms with van der Waals surface area (Å²) in [6, 6.07) is 2.16. The first-order chi connectivity index (χ1) is 7.41. The summed E-state index contributed by atoms with van der Waals surface area (Å²) in [6.07, 6.45) is -0.974. The minimum absolute atomic E-state index is 0.370. The molecule has 0 aliphatic heterocycles. The number of hydrogen-bond acceptors (Lipinski definition) is 3. The molecule has 6 heteroatoms. The maximum atomic E-state index is 12.7. The number of carbonyl (C=O) groups is 3. The Labute approximate surface area is 88.5 Å². The van der Waals surface area contributed by atoms with Gasteiger partial charge in [0.1, 0.15) is 6.42 Å². The van der Waals surface area contributed by atoms with Crippen molar-refractivity contribution in [3.8, 4) is 0 Å². The van der Waals surface area contributed by atoms with Gasteiger partial charge in [0.05, 0.1) is 0 Å². The second kappa shape index (κ2) is 4.61. The molecule has 84 valence electrons. The number of hydrogen-bond donors (Lipinski definition) is 1. The standard InChI is InChI=1S/C10H6F2O4/c11-6-2-1-5(3-7(6)12)10(16)8(13)4-9(14)15/h1-3H,4H2,(H,14,15). The summed E-state index contributed by atoms with van der Waals surface area (Å²) >= 11 is 0. The number of Topliss-reactive ketones (excluding diaryl/α,β-unsaturated/α-hetero) is 2. The Morgan fingerprint density at radius 3 is 2.25 bits per heavy atom. The largest absolute Gasteiger partial charge is 0.481 e. The number of aliphatic carboxylic acids is 1. The lowest BCUT2D eigenvalue weighted by atomic mass is 10.1. The molecule has 0 saturated carbocycles. The Morgan fingerprint density at radius 1 is 1.12 bits per heavy atom. The molecule has 0 atom stereocenters. The molecular formula is C10H6F2O4. The van der Waals surface area contributed by atoms with E-state index in [9.17, 15) is 23.2 Å². The number of rotatable bonds is 4. The van der Waals surface area contributed by atoms with E-state index in [0.717, 1.165) is 6.07 Å². The van der Waals surface area contributed by atoms with Gasteiger partial charge in [-0.3, -0.25) is 14.4 Å². The van der Waals surface area contributed by atoms with E-state index < -0.39 is 35.6 Å². The fourth-order valence-electron chi connectivity index (χ4n) is 1.02. The zero-order valence-electron chi connectivity index (χ0n) is 7.87. The van der Waals surface area contributed by atoms with Crippen molar-refractivity contribution in [2.75, 3.05) is 0 Å². The number of ketones is 2. The minimum atomic E-state index is -1.46. The first kappa shape index (κ1) is 12.0. The van der Waals surface area contributed by atoms with Crippen LogP contribution in [-0.4, -0.2) is 22.6 Å². The highest BCUT2D eigenvalue weighted by Crippen LogP contribution is 2.10. The molecule has 1 aromatic carbocycles. The lowest BCUT2D eigenvalue weighted by Crippen LogP contribution is -2.18. The van der Waals surface area contributed by atoms with Crippen molar-refractivity contribution in [3.05, 3.63) is 35.4 Å². The van der Waals surface area contributed by atoms with Crippen LogP contribution in [0.5, 0.6) is 0 Å². The number of carbonyl (C=O) groups excluding carboxylic acids is 2. The van der Waals surface area contributed by atoms with Crippen LogP contribution in [0.4, 0.5) is 8.78 Å². The van der Waals surface area contributed by atoms with Gasteiger partial charge in [-0.2, -0.15) is 0 Å². The van der Waals surface area contributed by atoms with Gasteiger partial charge in [-0.15, -0.1) is 0 Å². The smallest absolute Gasteiger partial charge is 0.311 e. The molecule has 0 fully saturated rings. The summed E-state index contributed by atoms with van der Waals surface area (Å²) in [5.74, 6) is -6.21. The third-order valence-corrected chi connectivity index (χ3v) is 1.75. The van der Waals surface area contributed by atoms with E-state index in [0.29, 0.717) is 12.1 Å². The topological polar surface area (TPSA) is 71.4 Å². The highest BCUT2D eigenvalue weighted by molar-refractivity contribution is 6.45. The molecule has 0 aromatic heterocycles. The highest BCUT2D eigenvalue weighted by atomic mass is 19.2. The van der Waals surface area contributed by atoms with E-state index in [1.807, 2.05) is 0 Å². The maximum Gasteiger partial charge on any atom is 0.311 e. The molecular weight excluding hydrogens is 222 g/mol. The van der Waals surface area contributed by atoms with E-state index in [1.165, 1.54) is 0 Å².